The van der Waals surface area contributed by atoms with Crippen molar-refractivity contribution in [1.82, 2.24) is 0 Å². The molecule has 0 fully saturated rings. The Balaban J connectivity index is 1.54. The molecule has 32 heavy (non-hydrogen) atoms. The number of benzene rings is 2. The van der Waals surface area contributed by atoms with Gasteiger partial charge in [-0.25, -0.2) is 9.59 Å². The Morgan fingerprint density at radius 3 is 1.41 bits per heavy atom. The number of anilines is 2. The average Bonchev–Trinajstić information content (AvgIpc) is 2.81. The fourth-order valence-electron chi connectivity index (χ4n) is 2.26. The maximum atomic E-state index is 11.7. The molecule has 0 unspecified atom stereocenters. The Hall–Kier alpha value is -4.30. The van der Waals surface area contributed by atoms with Gasteiger partial charge in [-0.3, -0.25) is 10.6 Å². The molecule has 0 saturated carbocycles. The van der Waals surface area contributed by atoms with Crippen molar-refractivity contribution in [3.05, 3.63) is 48.5 Å². The van der Waals surface area contributed by atoms with Crippen LogP contribution in [0.1, 0.15) is 12.8 Å². The second-order valence-electron chi connectivity index (χ2n) is 6.08. The van der Waals surface area contributed by atoms with E-state index >= 15 is 0 Å². The molecule has 0 radical (unpaired) electrons. The third-order valence-electron chi connectivity index (χ3n) is 3.83. The number of hydrogen-bond donors (Lipinski definition) is 2. The van der Waals surface area contributed by atoms with Crippen LogP contribution in [0.4, 0.5) is 21.0 Å². The molecular weight excluding hydrogens is 412 g/mol. The molecule has 0 atom stereocenters. The van der Waals surface area contributed by atoms with Gasteiger partial charge < -0.3 is 18.9 Å². The van der Waals surface area contributed by atoms with Gasteiger partial charge in [-0.05, 0) is 60.4 Å². The van der Waals surface area contributed by atoms with Crippen molar-refractivity contribution in [2.75, 3.05) is 38.1 Å². The number of nitrogens with one attached hydrogen (secondary N) is 2. The normalized spacial score (nSPS) is 9.19. The molecule has 0 aliphatic carbocycles. The number of carbonyl (C=O) groups excluding carboxylic acids is 2. The molecule has 0 saturated heterocycles. The predicted octanol–water partition coefficient (Wildman–Crippen LogP) is 4.29. The van der Waals surface area contributed by atoms with Gasteiger partial charge in [0.05, 0.1) is 14.2 Å². The fourth-order valence-corrected chi connectivity index (χ4v) is 2.26. The largest absolute Gasteiger partial charge is 0.497 e. The maximum Gasteiger partial charge on any atom is 0.411 e. The molecule has 2 aromatic carbocycles. The zero-order chi connectivity index (χ0) is 23.0. The molecule has 0 aliphatic rings. The summed E-state index contributed by atoms with van der Waals surface area (Å²) < 4.78 is 20.2. The van der Waals surface area contributed by atoms with Crippen LogP contribution in [0.5, 0.6) is 11.5 Å². The average molecular weight is 436 g/mol. The van der Waals surface area contributed by atoms with Crippen LogP contribution in [-0.4, -0.2) is 39.6 Å². The number of amides is 2. The highest BCUT2D eigenvalue weighted by molar-refractivity contribution is 5.85. The van der Waals surface area contributed by atoms with E-state index in [1.54, 1.807) is 62.8 Å². The first-order valence-electron chi connectivity index (χ1n) is 9.72. The van der Waals surface area contributed by atoms with Crippen LogP contribution in [0.3, 0.4) is 0 Å². The highest BCUT2D eigenvalue weighted by Gasteiger charge is 2.03. The smallest absolute Gasteiger partial charge is 0.411 e. The predicted molar refractivity (Wildman–Crippen MR) is 121 cm³/mol. The van der Waals surface area contributed by atoms with Crippen molar-refractivity contribution in [2.45, 2.75) is 12.8 Å². The van der Waals surface area contributed by atoms with Crippen LogP contribution in [0.15, 0.2) is 48.5 Å². The van der Waals surface area contributed by atoms with E-state index in [2.05, 4.69) is 34.3 Å². The molecule has 0 spiro atoms. The van der Waals surface area contributed by atoms with Crippen LogP contribution in [-0.2, 0) is 9.47 Å². The maximum absolute atomic E-state index is 11.7. The van der Waals surface area contributed by atoms with Crippen molar-refractivity contribution in [1.29, 1.82) is 0 Å². The highest BCUT2D eigenvalue weighted by atomic mass is 16.6. The van der Waals surface area contributed by atoms with Gasteiger partial charge in [0.1, 0.15) is 24.7 Å². The van der Waals surface area contributed by atoms with E-state index < -0.39 is 12.2 Å². The molecule has 166 valence electrons. The summed E-state index contributed by atoms with van der Waals surface area (Å²) in [5, 5.41) is 5.21. The van der Waals surface area contributed by atoms with Crippen molar-refractivity contribution in [3.63, 3.8) is 0 Å². The number of rotatable bonds is 8. The summed E-state index contributed by atoms with van der Waals surface area (Å²) in [5.41, 5.74) is 1.21. The summed E-state index contributed by atoms with van der Waals surface area (Å²) in [7, 11) is 3.14. The summed E-state index contributed by atoms with van der Waals surface area (Å²) in [5.74, 6) is 12.3. The Morgan fingerprint density at radius 1 is 0.688 bits per heavy atom. The van der Waals surface area contributed by atoms with E-state index in [-0.39, 0.29) is 13.2 Å². The molecule has 0 aliphatic heterocycles. The third kappa shape index (κ3) is 9.47. The Morgan fingerprint density at radius 2 is 1.06 bits per heavy atom. The molecular formula is C24H24N2O6. The minimum Gasteiger partial charge on any atom is -0.497 e. The second-order valence-corrected chi connectivity index (χ2v) is 6.08. The first-order valence-corrected chi connectivity index (χ1v) is 9.72. The number of carbonyl (C=O) groups is 2. The summed E-state index contributed by atoms with van der Waals surface area (Å²) in [6, 6.07) is 13.8. The molecule has 0 aromatic heterocycles. The summed E-state index contributed by atoms with van der Waals surface area (Å²) in [4.78, 5) is 23.4. The lowest BCUT2D eigenvalue weighted by Crippen LogP contribution is -2.14. The molecule has 0 bridgehead atoms. The van der Waals surface area contributed by atoms with Crippen LogP contribution >= 0.6 is 0 Å². The number of ether oxygens (including phenoxy) is 4. The SMILES string of the molecule is COc1ccc(NC(=O)OCCC#CC#CCCOC(=O)Nc2ccc(OC)cc2)cc1. The Labute approximate surface area is 187 Å². The van der Waals surface area contributed by atoms with E-state index in [1.807, 2.05) is 0 Å². The quantitative estimate of drug-likeness (QED) is 0.474. The van der Waals surface area contributed by atoms with E-state index in [4.69, 9.17) is 18.9 Å². The van der Waals surface area contributed by atoms with E-state index in [0.717, 1.165) is 0 Å². The first kappa shape index (κ1) is 24.0. The van der Waals surface area contributed by atoms with Crippen LogP contribution < -0.4 is 20.1 Å². The van der Waals surface area contributed by atoms with Crippen LogP contribution in [0.25, 0.3) is 0 Å². The Kier molecular flexibility index (Phi) is 10.4. The minimum absolute atomic E-state index is 0.144. The zero-order valence-electron chi connectivity index (χ0n) is 17.9. The molecule has 2 rings (SSSR count). The fraction of sp³-hybridized carbons (Fsp3) is 0.250. The number of methoxy groups -OCH3 is 2. The monoisotopic (exact) mass is 436 g/mol. The second kappa shape index (κ2) is 13.8. The summed E-state index contributed by atoms with van der Waals surface area (Å²) in [6.45, 7) is 0.288. The van der Waals surface area contributed by atoms with Gasteiger partial charge >= 0.3 is 12.2 Å². The van der Waals surface area contributed by atoms with E-state index in [1.165, 1.54) is 0 Å². The molecule has 2 amide bonds. The van der Waals surface area contributed by atoms with Gasteiger partial charge in [-0.1, -0.05) is 11.8 Å². The van der Waals surface area contributed by atoms with Gasteiger partial charge in [-0.15, -0.1) is 0 Å². The molecule has 0 heterocycles. The standard InChI is InChI=1S/C24H24N2O6/c1-29-21-13-9-19(10-14-21)25-23(27)31-17-7-5-3-4-6-8-18-32-24(28)26-20-11-15-22(30-2)16-12-20/h9-16H,7-8,17-18H2,1-2H3,(H,25,27)(H,26,28). The molecule has 2 N–H and O–H groups in total. The zero-order valence-corrected chi connectivity index (χ0v) is 17.9. The van der Waals surface area contributed by atoms with Gasteiger partial charge in [-0.2, -0.15) is 0 Å². The molecule has 8 heteroatoms. The molecule has 2 aromatic rings. The van der Waals surface area contributed by atoms with Gasteiger partial charge in [0.2, 0.25) is 0 Å². The Bertz CT molecular complexity index is 912. The lowest BCUT2D eigenvalue weighted by atomic mass is 10.3. The topological polar surface area (TPSA) is 95.1 Å². The lowest BCUT2D eigenvalue weighted by molar-refractivity contribution is 0.163. The van der Waals surface area contributed by atoms with Gasteiger partial charge in [0.25, 0.3) is 0 Å². The summed E-state index contributed by atoms with van der Waals surface area (Å²) in [6.07, 6.45) is -0.419. The first-order chi connectivity index (χ1) is 15.6. The van der Waals surface area contributed by atoms with Crippen LogP contribution in [0, 0.1) is 23.7 Å². The van der Waals surface area contributed by atoms with Crippen LogP contribution in [0.2, 0.25) is 0 Å². The van der Waals surface area contributed by atoms with Crippen molar-refractivity contribution in [2.24, 2.45) is 0 Å². The lowest BCUT2D eigenvalue weighted by Gasteiger charge is -2.06. The summed E-state index contributed by atoms with van der Waals surface area (Å²) >= 11 is 0. The van der Waals surface area contributed by atoms with Gasteiger partial charge in [0.15, 0.2) is 0 Å². The number of hydrogen-bond acceptors (Lipinski definition) is 6. The molecule has 8 nitrogen and oxygen atoms in total. The van der Waals surface area contributed by atoms with Crippen molar-refractivity contribution >= 4 is 23.6 Å². The highest BCUT2D eigenvalue weighted by Crippen LogP contribution is 2.16. The third-order valence-corrected chi connectivity index (χ3v) is 3.83. The van der Waals surface area contributed by atoms with Gasteiger partial charge in [0, 0.05) is 24.2 Å². The van der Waals surface area contributed by atoms with Crippen molar-refractivity contribution in [3.8, 4) is 35.2 Å². The van der Waals surface area contributed by atoms with Crippen molar-refractivity contribution < 1.29 is 28.5 Å². The minimum atomic E-state index is -0.562. The van der Waals surface area contributed by atoms with E-state index in [9.17, 15) is 9.59 Å². The van der Waals surface area contributed by atoms with E-state index in [0.29, 0.717) is 35.7 Å².